The van der Waals surface area contributed by atoms with Gasteiger partial charge in [-0.15, -0.1) is 0 Å². The number of carbonyl (C=O) groups excluding carboxylic acids is 1. The van der Waals surface area contributed by atoms with E-state index in [2.05, 4.69) is 10.3 Å². The molecule has 0 saturated carbocycles. The van der Waals surface area contributed by atoms with Crippen molar-refractivity contribution in [1.82, 2.24) is 10.3 Å². The monoisotopic (exact) mass is 252 g/mol. The highest BCUT2D eigenvalue weighted by atomic mass is 16.5. The fraction of sp³-hybridized carbons (Fsp3) is 0.538. The molecule has 0 aliphatic heterocycles. The molecule has 1 aromatic heterocycles. The van der Waals surface area contributed by atoms with E-state index in [1.54, 1.807) is 18.3 Å². The van der Waals surface area contributed by atoms with Crippen molar-refractivity contribution < 1.29 is 14.6 Å². The normalized spacial score (nSPS) is 11.3. The van der Waals surface area contributed by atoms with Gasteiger partial charge in [0.15, 0.2) is 0 Å². The van der Waals surface area contributed by atoms with Crippen LogP contribution in [0.3, 0.4) is 0 Å². The Hall–Kier alpha value is -1.46. The number of aromatic nitrogens is 1. The van der Waals surface area contributed by atoms with E-state index in [9.17, 15) is 4.79 Å². The Morgan fingerprint density at radius 2 is 2.28 bits per heavy atom. The molecule has 18 heavy (non-hydrogen) atoms. The van der Waals surface area contributed by atoms with Crippen LogP contribution in [0.5, 0.6) is 0 Å². The van der Waals surface area contributed by atoms with E-state index in [1.807, 2.05) is 13.8 Å². The average molecular weight is 252 g/mol. The Balaban J connectivity index is 2.76. The number of carbonyl (C=O) groups is 1. The molecule has 0 amide bonds. The smallest absolute Gasteiger partial charge is 0.339 e. The summed E-state index contributed by atoms with van der Waals surface area (Å²) in [6.45, 7) is 4.55. The Morgan fingerprint density at radius 1 is 1.56 bits per heavy atom. The lowest BCUT2D eigenvalue weighted by Crippen LogP contribution is -2.40. The summed E-state index contributed by atoms with van der Waals surface area (Å²) in [6, 6.07) is 3.39. The van der Waals surface area contributed by atoms with Crippen LogP contribution in [0.2, 0.25) is 0 Å². The standard InChI is InChI=1S/C13H20N2O3/c1-13(2,6-8-16)15-9-11-10(12(17)18-3)5-4-7-14-11/h4-5,7,15-16H,6,8-9H2,1-3H3. The quantitative estimate of drug-likeness (QED) is 0.742. The van der Waals surface area contributed by atoms with Gasteiger partial charge >= 0.3 is 5.97 Å². The molecule has 0 atom stereocenters. The van der Waals surface area contributed by atoms with E-state index < -0.39 is 0 Å². The molecule has 0 fully saturated rings. The van der Waals surface area contributed by atoms with Gasteiger partial charge in [-0.2, -0.15) is 0 Å². The molecule has 1 heterocycles. The highest BCUT2D eigenvalue weighted by molar-refractivity contribution is 5.90. The first-order valence-corrected chi connectivity index (χ1v) is 5.88. The molecule has 0 aliphatic rings. The predicted octanol–water partition coefficient (Wildman–Crippen LogP) is 1.12. The highest BCUT2D eigenvalue weighted by Crippen LogP contribution is 2.11. The number of methoxy groups -OCH3 is 1. The van der Waals surface area contributed by atoms with Gasteiger partial charge < -0.3 is 15.2 Å². The van der Waals surface area contributed by atoms with Crippen molar-refractivity contribution in [2.45, 2.75) is 32.4 Å². The second-order valence-electron chi connectivity index (χ2n) is 4.70. The molecule has 0 aliphatic carbocycles. The number of nitrogens with one attached hydrogen (secondary N) is 1. The molecule has 0 aromatic carbocycles. The topological polar surface area (TPSA) is 71.5 Å². The van der Waals surface area contributed by atoms with Crippen molar-refractivity contribution >= 4 is 5.97 Å². The van der Waals surface area contributed by atoms with E-state index in [0.717, 1.165) is 0 Å². The first-order valence-electron chi connectivity index (χ1n) is 5.88. The Kier molecular flexibility index (Phi) is 5.25. The van der Waals surface area contributed by atoms with Crippen LogP contribution in [0, 0.1) is 0 Å². The molecular formula is C13H20N2O3. The van der Waals surface area contributed by atoms with Gasteiger partial charge in [0.1, 0.15) is 0 Å². The summed E-state index contributed by atoms with van der Waals surface area (Å²) in [7, 11) is 1.35. The third kappa shape index (κ3) is 4.09. The number of hydrogen-bond acceptors (Lipinski definition) is 5. The molecule has 0 radical (unpaired) electrons. The molecule has 2 N–H and O–H groups in total. The van der Waals surface area contributed by atoms with Crippen LogP contribution in [0.15, 0.2) is 18.3 Å². The zero-order chi connectivity index (χ0) is 13.6. The molecule has 0 spiro atoms. The molecule has 5 heteroatoms. The summed E-state index contributed by atoms with van der Waals surface area (Å²) in [4.78, 5) is 15.7. The second kappa shape index (κ2) is 6.47. The first kappa shape index (κ1) is 14.6. The molecule has 1 aromatic rings. The summed E-state index contributed by atoms with van der Waals surface area (Å²) < 4.78 is 4.71. The second-order valence-corrected chi connectivity index (χ2v) is 4.70. The molecule has 0 bridgehead atoms. The number of nitrogens with zero attached hydrogens (tertiary/aromatic N) is 1. The van der Waals surface area contributed by atoms with Gasteiger partial charge in [-0.25, -0.2) is 4.79 Å². The van der Waals surface area contributed by atoms with Gasteiger partial charge in [-0.3, -0.25) is 4.98 Å². The van der Waals surface area contributed by atoms with E-state index in [0.29, 0.717) is 24.2 Å². The maximum absolute atomic E-state index is 11.6. The van der Waals surface area contributed by atoms with Crippen LogP contribution in [-0.2, 0) is 11.3 Å². The van der Waals surface area contributed by atoms with Crippen LogP contribution < -0.4 is 5.32 Å². The van der Waals surface area contributed by atoms with Gasteiger partial charge in [-0.05, 0) is 32.4 Å². The Bertz CT molecular complexity index is 405. The Morgan fingerprint density at radius 3 is 2.89 bits per heavy atom. The number of aliphatic hydroxyl groups is 1. The number of rotatable bonds is 6. The fourth-order valence-electron chi connectivity index (χ4n) is 1.57. The van der Waals surface area contributed by atoms with Crippen molar-refractivity contribution in [2.75, 3.05) is 13.7 Å². The molecule has 100 valence electrons. The molecule has 1 rings (SSSR count). The van der Waals surface area contributed by atoms with Crippen molar-refractivity contribution in [1.29, 1.82) is 0 Å². The molecule has 0 saturated heterocycles. The van der Waals surface area contributed by atoms with Crippen LogP contribution in [0.1, 0.15) is 36.3 Å². The lowest BCUT2D eigenvalue weighted by atomic mass is 10.0. The maximum Gasteiger partial charge on any atom is 0.339 e. The summed E-state index contributed by atoms with van der Waals surface area (Å²) in [5.41, 5.74) is 0.905. The maximum atomic E-state index is 11.6. The zero-order valence-corrected chi connectivity index (χ0v) is 11.1. The average Bonchev–Trinajstić information content (AvgIpc) is 2.36. The van der Waals surface area contributed by atoms with E-state index in [-0.39, 0.29) is 18.1 Å². The number of hydrogen-bond donors (Lipinski definition) is 2. The van der Waals surface area contributed by atoms with Crippen molar-refractivity contribution in [2.24, 2.45) is 0 Å². The van der Waals surface area contributed by atoms with E-state index >= 15 is 0 Å². The molecular weight excluding hydrogens is 232 g/mol. The minimum atomic E-state index is -0.389. The van der Waals surface area contributed by atoms with Crippen LogP contribution in [0.25, 0.3) is 0 Å². The van der Waals surface area contributed by atoms with E-state index in [4.69, 9.17) is 9.84 Å². The Labute approximate surface area is 107 Å². The third-order valence-corrected chi connectivity index (χ3v) is 2.77. The van der Waals surface area contributed by atoms with Gasteiger partial charge in [0.05, 0.1) is 18.4 Å². The summed E-state index contributed by atoms with van der Waals surface area (Å²) in [5.74, 6) is -0.389. The van der Waals surface area contributed by atoms with Crippen LogP contribution in [-0.4, -0.2) is 35.3 Å². The summed E-state index contributed by atoms with van der Waals surface area (Å²) in [6.07, 6.45) is 2.27. The minimum Gasteiger partial charge on any atom is -0.465 e. The minimum absolute atomic E-state index is 0.117. The van der Waals surface area contributed by atoms with Crippen LogP contribution >= 0.6 is 0 Å². The van der Waals surface area contributed by atoms with Crippen molar-refractivity contribution in [3.8, 4) is 0 Å². The van der Waals surface area contributed by atoms with Crippen LogP contribution in [0.4, 0.5) is 0 Å². The summed E-state index contributed by atoms with van der Waals surface area (Å²) in [5, 5.41) is 12.2. The number of aliphatic hydroxyl groups excluding tert-OH is 1. The number of esters is 1. The van der Waals surface area contributed by atoms with Gasteiger partial charge in [-0.1, -0.05) is 0 Å². The highest BCUT2D eigenvalue weighted by Gasteiger charge is 2.18. The largest absolute Gasteiger partial charge is 0.465 e. The lowest BCUT2D eigenvalue weighted by molar-refractivity contribution is 0.0598. The van der Waals surface area contributed by atoms with Gasteiger partial charge in [0, 0.05) is 24.9 Å². The fourth-order valence-corrected chi connectivity index (χ4v) is 1.57. The van der Waals surface area contributed by atoms with E-state index in [1.165, 1.54) is 7.11 Å². The SMILES string of the molecule is COC(=O)c1cccnc1CNC(C)(C)CCO. The van der Waals surface area contributed by atoms with Crippen molar-refractivity contribution in [3.05, 3.63) is 29.6 Å². The molecule has 5 nitrogen and oxygen atoms in total. The zero-order valence-electron chi connectivity index (χ0n) is 11.1. The third-order valence-electron chi connectivity index (χ3n) is 2.77. The number of pyridine rings is 1. The van der Waals surface area contributed by atoms with Gasteiger partial charge in [0.25, 0.3) is 0 Å². The lowest BCUT2D eigenvalue weighted by Gasteiger charge is -2.25. The number of ether oxygens (including phenoxy) is 1. The summed E-state index contributed by atoms with van der Waals surface area (Å²) >= 11 is 0. The first-order chi connectivity index (χ1) is 8.50. The van der Waals surface area contributed by atoms with Gasteiger partial charge in [0.2, 0.25) is 0 Å². The van der Waals surface area contributed by atoms with Crippen molar-refractivity contribution in [3.63, 3.8) is 0 Å². The predicted molar refractivity (Wildman–Crippen MR) is 68.2 cm³/mol. The molecule has 0 unspecified atom stereocenters.